The lowest BCUT2D eigenvalue weighted by atomic mass is 10.2. The van der Waals surface area contributed by atoms with Crippen LogP contribution in [0.2, 0.25) is 0 Å². The number of methoxy groups -OCH3 is 1. The minimum absolute atomic E-state index is 0.0174. The van der Waals surface area contributed by atoms with Gasteiger partial charge in [0.05, 0.1) is 17.9 Å². The highest BCUT2D eigenvalue weighted by atomic mass is 32.1. The number of thiazole rings is 1. The molecule has 7 heteroatoms. The Morgan fingerprint density at radius 2 is 2.43 bits per heavy atom. The Balaban J connectivity index is 1.74. The summed E-state index contributed by atoms with van der Waals surface area (Å²) in [4.78, 5) is 16.6. The molecule has 1 aromatic heterocycles. The van der Waals surface area contributed by atoms with Gasteiger partial charge in [-0.15, -0.1) is 0 Å². The number of amides is 1. The van der Waals surface area contributed by atoms with Crippen molar-refractivity contribution in [2.24, 2.45) is 5.73 Å². The van der Waals surface area contributed by atoms with Gasteiger partial charge in [-0.1, -0.05) is 17.4 Å². The molecule has 2 atom stereocenters. The van der Waals surface area contributed by atoms with Crippen LogP contribution in [0.5, 0.6) is 5.75 Å². The number of benzene rings is 1. The molecule has 0 bridgehead atoms. The average Bonchev–Trinajstić information content (AvgIpc) is 3.12. The maximum absolute atomic E-state index is 12.2. The van der Waals surface area contributed by atoms with Crippen LogP contribution in [0.1, 0.15) is 12.8 Å². The molecule has 1 amide bonds. The number of nitrogens with one attached hydrogen (secondary N) is 1. The second kappa shape index (κ2) is 5.97. The molecule has 3 N–H and O–H groups in total. The Morgan fingerprint density at radius 1 is 1.57 bits per heavy atom. The molecule has 0 spiro atoms. The maximum Gasteiger partial charge on any atom is 0.255 e. The number of para-hydroxylation sites is 1. The fraction of sp³-hybridized carbons (Fsp3) is 0.429. The zero-order valence-electron chi connectivity index (χ0n) is 11.7. The van der Waals surface area contributed by atoms with Crippen LogP contribution in [0.4, 0.5) is 5.13 Å². The van der Waals surface area contributed by atoms with E-state index in [1.54, 1.807) is 7.11 Å². The lowest BCUT2D eigenvalue weighted by molar-refractivity contribution is -0.126. The van der Waals surface area contributed by atoms with E-state index in [0.29, 0.717) is 23.8 Å². The molecule has 0 radical (unpaired) electrons. The van der Waals surface area contributed by atoms with Gasteiger partial charge < -0.3 is 15.2 Å². The smallest absolute Gasteiger partial charge is 0.255 e. The van der Waals surface area contributed by atoms with Gasteiger partial charge in [0.2, 0.25) is 0 Å². The maximum atomic E-state index is 12.2. The quantitative estimate of drug-likeness (QED) is 0.898. The van der Waals surface area contributed by atoms with Crippen molar-refractivity contribution in [2.75, 3.05) is 19.0 Å². The van der Waals surface area contributed by atoms with Gasteiger partial charge in [0, 0.05) is 6.54 Å². The van der Waals surface area contributed by atoms with E-state index in [2.05, 4.69) is 10.3 Å². The topological polar surface area (TPSA) is 86.5 Å². The molecule has 2 heterocycles. The molecular weight excluding hydrogens is 290 g/mol. The summed E-state index contributed by atoms with van der Waals surface area (Å²) < 4.78 is 11.8. The number of carbonyl (C=O) groups excluding carboxylic acids is 1. The first-order valence-electron chi connectivity index (χ1n) is 6.81. The molecule has 1 aliphatic rings. The molecule has 21 heavy (non-hydrogen) atoms. The van der Waals surface area contributed by atoms with E-state index < -0.39 is 6.10 Å². The Bertz CT molecular complexity index is 658. The Morgan fingerprint density at radius 3 is 3.14 bits per heavy atom. The van der Waals surface area contributed by atoms with Crippen LogP contribution in [0.15, 0.2) is 18.2 Å². The summed E-state index contributed by atoms with van der Waals surface area (Å²) in [6.45, 7) is 0.447. The zero-order valence-corrected chi connectivity index (χ0v) is 12.5. The predicted octanol–water partition coefficient (Wildman–Crippen LogP) is 1.75. The third-order valence-electron chi connectivity index (χ3n) is 3.49. The van der Waals surface area contributed by atoms with Gasteiger partial charge in [0.15, 0.2) is 5.13 Å². The number of ether oxygens (including phenoxy) is 2. The summed E-state index contributed by atoms with van der Waals surface area (Å²) in [7, 11) is 1.60. The largest absolute Gasteiger partial charge is 0.494 e. The van der Waals surface area contributed by atoms with Crippen LogP contribution in [-0.2, 0) is 9.53 Å². The summed E-state index contributed by atoms with van der Waals surface area (Å²) >= 11 is 1.42. The lowest BCUT2D eigenvalue weighted by Crippen LogP contribution is -2.29. The highest BCUT2D eigenvalue weighted by molar-refractivity contribution is 7.22. The molecule has 112 valence electrons. The number of hydrogen-bond donors (Lipinski definition) is 2. The van der Waals surface area contributed by atoms with E-state index in [-0.39, 0.29) is 12.0 Å². The SMILES string of the molecule is COc1cccc2sc(NC(=O)[C@@H]3CC[C@H](CN)O3)nc12. The number of anilines is 1. The standard InChI is InChI=1S/C14H17N3O3S/c1-19-9-3-2-4-11-12(9)16-14(21-11)17-13(18)10-6-5-8(7-15)20-10/h2-4,8,10H,5-7,15H2,1H3,(H,16,17,18)/t8-,10+/m1/s1. The molecule has 1 saturated heterocycles. The van der Waals surface area contributed by atoms with Crippen molar-refractivity contribution < 1.29 is 14.3 Å². The number of aromatic nitrogens is 1. The Kier molecular flexibility index (Phi) is 4.05. The fourth-order valence-corrected chi connectivity index (χ4v) is 3.29. The number of rotatable bonds is 4. The van der Waals surface area contributed by atoms with Gasteiger partial charge in [-0.05, 0) is 25.0 Å². The number of carbonyl (C=O) groups is 1. The van der Waals surface area contributed by atoms with Crippen LogP contribution in [0.3, 0.4) is 0 Å². The van der Waals surface area contributed by atoms with Gasteiger partial charge in [-0.25, -0.2) is 4.98 Å². The van der Waals surface area contributed by atoms with Crippen LogP contribution < -0.4 is 15.8 Å². The first-order valence-corrected chi connectivity index (χ1v) is 7.63. The van der Waals surface area contributed by atoms with Crippen molar-refractivity contribution in [3.63, 3.8) is 0 Å². The molecule has 0 saturated carbocycles. The van der Waals surface area contributed by atoms with E-state index >= 15 is 0 Å². The summed E-state index contributed by atoms with van der Waals surface area (Å²) in [6.07, 6.45) is 1.06. The minimum atomic E-state index is -0.438. The minimum Gasteiger partial charge on any atom is -0.494 e. The van der Waals surface area contributed by atoms with Crippen molar-refractivity contribution in [3.05, 3.63) is 18.2 Å². The van der Waals surface area contributed by atoms with Crippen LogP contribution in [-0.4, -0.2) is 36.8 Å². The third-order valence-corrected chi connectivity index (χ3v) is 4.43. The molecule has 0 aliphatic carbocycles. The zero-order chi connectivity index (χ0) is 14.8. The summed E-state index contributed by atoms with van der Waals surface area (Å²) in [5, 5.41) is 3.37. The second-order valence-corrected chi connectivity index (χ2v) is 5.91. The molecule has 2 aromatic rings. The van der Waals surface area contributed by atoms with Crippen molar-refractivity contribution >= 4 is 32.6 Å². The Labute approximate surface area is 126 Å². The van der Waals surface area contributed by atoms with Gasteiger partial charge in [-0.3, -0.25) is 10.1 Å². The van der Waals surface area contributed by atoms with Gasteiger partial charge in [-0.2, -0.15) is 0 Å². The predicted molar refractivity (Wildman–Crippen MR) is 81.8 cm³/mol. The monoisotopic (exact) mass is 307 g/mol. The van der Waals surface area contributed by atoms with E-state index in [1.165, 1.54) is 11.3 Å². The summed E-state index contributed by atoms with van der Waals surface area (Å²) in [6, 6.07) is 5.69. The Hall–Kier alpha value is -1.70. The number of nitrogens with zero attached hydrogens (tertiary/aromatic N) is 1. The molecule has 1 aromatic carbocycles. The van der Waals surface area contributed by atoms with E-state index in [1.807, 2.05) is 18.2 Å². The van der Waals surface area contributed by atoms with E-state index in [4.69, 9.17) is 15.2 Å². The lowest BCUT2D eigenvalue weighted by Gasteiger charge is -2.11. The highest BCUT2D eigenvalue weighted by Crippen LogP contribution is 2.32. The van der Waals surface area contributed by atoms with Crippen molar-refractivity contribution in [1.29, 1.82) is 0 Å². The third kappa shape index (κ3) is 2.85. The molecule has 3 rings (SSSR count). The summed E-state index contributed by atoms with van der Waals surface area (Å²) in [5.74, 6) is 0.536. The molecular formula is C14H17N3O3S. The average molecular weight is 307 g/mol. The number of fused-ring (bicyclic) bond motifs is 1. The number of nitrogens with two attached hydrogens (primary N) is 1. The second-order valence-electron chi connectivity index (χ2n) is 4.88. The van der Waals surface area contributed by atoms with E-state index in [9.17, 15) is 4.79 Å². The van der Waals surface area contributed by atoms with Crippen LogP contribution in [0.25, 0.3) is 10.2 Å². The summed E-state index contributed by atoms with van der Waals surface area (Å²) in [5.41, 5.74) is 6.31. The highest BCUT2D eigenvalue weighted by Gasteiger charge is 2.30. The van der Waals surface area contributed by atoms with Crippen molar-refractivity contribution in [1.82, 2.24) is 4.98 Å². The fourth-order valence-electron chi connectivity index (χ4n) is 2.40. The molecule has 1 aliphatic heterocycles. The first kappa shape index (κ1) is 14.2. The van der Waals surface area contributed by atoms with Crippen LogP contribution in [0, 0.1) is 0 Å². The van der Waals surface area contributed by atoms with Crippen molar-refractivity contribution in [3.8, 4) is 5.75 Å². The normalized spacial score (nSPS) is 21.6. The van der Waals surface area contributed by atoms with Gasteiger partial charge in [0.1, 0.15) is 17.4 Å². The molecule has 6 nitrogen and oxygen atoms in total. The van der Waals surface area contributed by atoms with Gasteiger partial charge in [0.25, 0.3) is 5.91 Å². The molecule has 1 fully saturated rings. The van der Waals surface area contributed by atoms with Crippen molar-refractivity contribution in [2.45, 2.75) is 25.0 Å². The molecule has 0 unspecified atom stereocenters. The van der Waals surface area contributed by atoms with Gasteiger partial charge >= 0.3 is 0 Å². The number of hydrogen-bond acceptors (Lipinski definition) is 6. The van der Waals surface area contributed by atoms with E-state index in [0.717, 1.165) is 16.6 Å². The first-order chi connectivity index (χ1) is 10.2. The van der Waals surface area contributed by atoms with Crippen LogP contribution >= 0.6 is 11.3 Å².